The van der Waals surface area contributed by atoms with E-state index in [1.807, 2.05) is 6.07 Å². The van der Waals surface area contributed by atoms with Crippen molar-refractivity contribution in [3.8, 4) is 0 Å². The van der Waals surface area contributed by atoms with Crippen molar-refractivity contribution in [2.45, 2.75) is 0 Å². The van der Waals surface area contributed by atoms with Crippen molar-refractivity contribution in [2.75, 3.05) is 0 Å². The topological polar surface area (TPSA) is 51.4 Å². The fourth-order valence-electron chi connectivity index (χ4n) is 1.88. The molecule has 3 aromatic rings. The van der Waals surface area contributed by atoms with Gasteiger partial charge >= 0.3 is 0 Å². The van der Waals surface area contributed by atoms with E-state index in [2.05, 4.69) is 4.98 Å². The van der Waals surface area contributed by atoms with Gasteiger partial charge in [0.1, 0.15) is 5.65 Å². The number of fused-ring (bicyclic) bond motifs is 2. The van der Waals surface area contributed by atoms with Gasteiger partial charge in [0.25, 0.3) is 10.8 Å². The van der Waals surface area contributed by atoms with E-state index in [0.717, 1.165) is 0 Å². The lowest BCUT2D eigenvalue weighted by Gasteiger charge is -2.03. The van der Waals surface area contributed by atoms with Crippen LogP contribution < -0.4 is 5.56 Å². The number of halogens is 1. The molecule has 2 heterocycles. The molecule has 5 heteroatoms. The molecule has 0 saturated heterocycles. The molecule has 4 nitrogen and oxygen atoms in total. The number of rotatable bonds is 1. The standard InChI is InChI=1S/C13H7ClN2O2/c14-12(17)8-4-5-10-9(7-8)13(18)16-6-2-1-3-11(16)15-10/h1-7H. The minimum atomic E-state index is -0.588. The van der Waals surface area contributed by atoms with Crippen LogP contribution in [0.4, 0.5) is 0 Å². The van der Waals surface area contributed by atoms with Crippen molar-refractivity contribution in [3.05, 3.63) is 58.5 Å². The lowest BCUT2D eigenvalue weighted by molar-refractivity contribution is 0.108. The number of nitrogens with zero attached hydrogens (tertiary/aromatic N) is 2. The SMILES string of the molecule is O=C(Cl)c1ccc2nc3ccccn3c(=O)c2c1. The maximum Gasteiger partial charge on any atom is 0.265 e. The van der Waals surface area contributed by atoms with Crippen LogP contribution in [0.1, 0.15) is 10.4 Å². The Kier molecular flexibility index (Phi) is 2.38. The normalized spacial score (nSPS) is 10.9. The molecule has 0 saturated carbocycles. The summed E-state index contributed by atoms with van der Waals surface area (Å²) in [4.78, 5) is 27.7. The Morgan fingerprint density at radius 3 is 2.83 bits per heavy atom. The minimum Gasteiger partial charge on any atom is -0.276 e. The molecule has 0 N–H and O–H groups in total. The number of pyridine rings is 1. The Balaban J connectivity index is 2.49. The lowest BCUT2D eigenvalue weighted by Crippen LogP contribution is -2.15. The molecule has 0 aliphatic rings. The van der Waals surface area contributed by atoms with Gasteiger partial charge < -0.3 is 0 Å². The zero-order chi connectivity index (χ0) is 12.7. The smallest absolute Gasteiger partial charge is 0.265 e. The molecule has 0 atom stereocenters. The van der Waals surface area contributed by atoms with Gasteiger partial charge in [0.15, 0.2) is 0 Å². The van der Waals surface area contributed by atoms with Crippen LogP contribution in [-0.4, -0.2) is 14.6 Å². The van der Waals surface area contributed by atoms with Crippen LogP contribution in [0.25, 0.3) is 16.6 Å². The van der Waals surface area contributed by atoms with Gasteiger partial charge in [-0.15, -0.1) is 0 Å². The highest BCUT2D eigenvalue weighted by molar-refractivity contribution is 6.67. The van der Waals surface area contributed by atoms with Crippen molar-refractivity contribution in [2.24, 2.45) is 0 Å². The number of benzene rings is 1. The summed E-state index contributed by atoms with van der Waals surface area (Å²) < 4.78 is 1.44. The third-order valence-electron chi connectivity index (χ3n) is 2.75. The summed E-state index contributed by atoms with van der Waals surface area (Å²) in [5.74, 6) is 0. The van der Waals surface area contributed by atoms with E-state index in [1.165, 1.54) is 10.5 Å². The van der Waals surface area contributed by atoms with Gasteiger partial charge in [0.2, 0.25) is 0 Å². The Bertz CT molecular complexity index is 839. The largest absolute Gasteiger partial charge is 0.276 e. The summed E-state index contributed by atoms with van der Waals surface area (Å²) in [6.45, 7) is 0. The fraction of sp³-hybridized carbons (Fsp3) is 0. The molecule has 0 bridgehead atoms. The molecule has 0 aliphatic heterocycles. The van der Waals surface area contributed by atoms with Gasteiger partial charge in [-0.3, -0.25) is 14.0 Å². The Morgan fingerprint density at radius 2 is 2.06 bits per heavy atom. The summed E-state index contributed by atoms with van der Waals surface area (Å²) in [6, 6.07) is 9.96. The van der Waals surface area contributed by atoms with Gasteiger partial charge in [-0.2, -0.15) is 0 Å². The summed E-state index contributed by atoms with van der Waals surface area (Å²) in [6.07, 6.45) is 1.64. The van der Waals surface area contributed by atoms with E-state index in [9.17, 15) is 9.59 Å². The van der Waals surface area contributed by atoms with E-state index < -0.39 is 5.24 Å². The zero-order valence-corrected chi connectivity index (χ0v) is 9.89. The van der Waals surface area contributed by atoms with Crippen molar-refractivity contribution in [1.82, 2.24) is 9.38 Å². The molecular formula is C13H7ClN2O2. The van der Waals surface area contributed by atoms with E-state index in [-0.39, 0.29) is 5.56 Å². The summed E-state index contributed by atoms with van der Waals surface area (Å²) in [7, 11) is 0. The average molecular weight is 259 g/mol. The van der Waals surface area contributed by atoms with Crippen LogP contribution >= 0.6 is 11.6 Å². The van der Waals surface area contributed by atoms with Crippen LogP contribution in [-0.2, 0) is 0 Å². The van der Waals surface area contributed by atoms with E-state index in [1.54, 1.807) is 30.5 Å². The quantitative estimate of drug-likeness (QED) is 0.497. The van der Waals surface area contributed by atoms with Crippen LogP contribution in [0.15, 0.2) is 47.4 Å². The van der Waals surface area contributed by atoms with E-state index in [4.69, 9.17) is 11.6 Å². The molecule has 0 radical (unpaired) electrons. The number of hydrogen-bond acceptors (Lipinski definition) is 3. The second-order valence-electron chi connectivity index (χ2n) is 3.85. The third-order valence-corrected chi connectivity index (χ3v) is 2.96. The maximum absolute atomic E-state index is 12.2. The molecule has 0 aliphatic carbocycles. The average Bonchev–Trinajstić information content (AvgIpc) is 2.38. The van der Waals surface area contributed by atoms with Crippen molar-refractivity contribution < 1.29 is 4.79 Å². The maximum atomic E-state index is 12.2. The Labute approximate surface area is 106 Å². The molecular weight excluding hydrogens is 252 g/mol. The molecule has 18 heavy (non-hydrogen) atoms. The number of carbonyl (C=O) groups excluding carboxylic acids is 1. The second-order valence-corrected chi connectivity index (χ2v) is 4.19. The molecule has 1 aromatic carbocycles. The second kappa shape index (κ2) is 3.92. The first kappa shape index (κ1) is 10.9. The minimum absolute atomic E-state index is 0.213. The van der Waals surface area contributed by atoms with Gasteiger partial charge in [-0.25, -0.2) is 4.98 Å². The zero-order valence-electron chi connectivity index (χ0n) is 9.13. The van der Waals surface area contributed by atoms with Crippen LogP contribution in [0, 0.1) is 0 Å². The van der Waals surface area contributed by atoms with Gasteiger partial charge in [0.05, 0.1) is 10.9 Å². The van der Waals surface area contributed by atoms with E-state index >= 15 is 0 Å². The van der Waals surface area contributed by atoms with Crippen molar-refractivity contribution >= 4 is 33.4 Å². The predicted molar refractivity (Wildman–Crippen MR) is 69.2 cm³/mol. The Hall–Kier alpha value is -2.20. The van der Waals surface area contributed by atoms with E-state index in [0.29, 0.717) is 22.1 Å². The highest BCUT2D eigenvalue weighted by Gasteiger charge is 2.08. The third kappa shape index (κ3) is 1.58. The van der Waals surface area contributed by atoms with Crippen LogP contribution in [0.5, 0.6) is 0 Å². The molecule has 88 valence electrons. The molecule has 2 aromatic heterocycles. The van der Waals surface area contributed by atoms with Gasteiger partial charge in [-0.05, 0) is 41.9 Å². The summed E-state index contributed by atoms with van der Waals surface area (Å²) >= 11 is 5.41. The first-order valence-electron chi connectivity index (χ1n) is 5.28. The van der Waals surface area contributed by atoms with Crippen LogP contribution in [0.2, 0.25) is 0 Å². The number of carbonyl (C=O) groups is 1. The fourth-order valence-corrected chi connectivity index (χ4v) is 1.99. The highest BCUT2D eigenvalue weighted by Crippen LogP contribution is 2.13. The van der Waals surface area contributed by atoms with Gasteiger partial charge in [-0.1, -0.05) is 6.07 Å². The molecule has 3 rings (SSSR count). The summed E-state index contributed by atoms with van der Waals surface area (Å²) in [5, 5.41) is -0.209. The first-order valence-corrected chi connectivity index (χ1v) is 5.65. The summed E-state index contributed by atoms with van der Waals surface area (Å²) in [5.41, 5.74) is 1.20. The number of aromatic nitrogens is 2. The molecule has 0 fully saturated rings. The Morgan fingerprint density at radius 1 is 1.22 bits per heavy atom. The molecule has 0 unspecified atom stereocenters. The lowest BCUT2D eigenvalue weighted by atomic mass is 10.1. The number of hydrogen-bond donors (Lipinski definition) is 0. The predicted octanol–water partition coefficient (Wildman–Crippen LogP) is 2.23. The van der Waals surface area contributed by atoms with Crippen LogP contribution in [0.3, 0.4) is 0 Å². The monoisotopic (exact) mass is 258 g/mol. The van der Waals surface area contributed by atoms with Crippen molar-refractivity contribution in [3.63, 3.8) is 0 Å². The first-order chi connectivity index (χ1) is 8.66. The van der Waals surface area contributed by atoms with Gasteiger partial charge in [0, 0.05) is 11.8 Å². The molecule has 0 spiro atoms. The molecule has 0 amide bonds. The highest BCUT2D eigenvalue weighted by atomic mass is 35.5. The van der Waals surface area contributed by atoms with Crippen molar-refractivity contribution in [1.29, 1.82) is 0 Å².